The van der Waals surface area contributed by atoms with Gasteiger partial charge in [-0.05, 0) is 29.8 Å². The van der Waals surface area contributed by atoms with Crippen molar-refractivity contribution < 1.29 is 19.3 Å². The number of non-ortho nitro benzene ring substituents is 1. The van der Waals surface area contributed by atoms with E-state index in [1.807, 2.05) is 30.3 Å². The highest BCUT2D eigenvalue weighted by molar-refractivity contribution is 6.23. The highest BCUT2D eigenvalue weighted by Crippen LogP contribution is 2.27. The van der Waals surface area contributed by atoms with Gasteiger partial charge in [0.1, 0.15) is 6.04 Å². The number of fused-ring (bicyclic) bond motifs is 1. The molecule has 1 atom stereocenters. The Kier molecular flexibility index (Phi) is 5.28. The van der Waals surface area contributed by atoms with Crippen molar-refractivity contribution in [1.82, 2.24) is 4.90 Å². The summed E-state index contributed by atoms with van der Waals surface area (Å²) < 4.78 is 0. The molecule has 3 aromatic rings. The fourth-order valence-corrected chi connectivity index (χ4v) is 3.52. The number of carbonyl (C=O) groups is 3. The lowest BCUT2D eigenvalue weighted by molar-refractivity contribution is -0.384. The molecule has 31 heavy (non-hydrogen) atoms. The fourth-order valence-electron chi connectivity index (χ4n) is 3.52. The molecule has 8 heteroatoms. The molecule has 8 nitrogen and oxygen atoms in total. The first-order valence-electron chi connectivity index (χ1n) is 9.52. The van der Waals surface area contributed by atoms with Gasteiger partial charge < -0.3 is 5.32 Å². The number of nitrogens with one attached hydrogen (secondary N) is 1. The highest BCUT2D eigenvalue weighted by Gasteiger charge is 2.42. The second-order valence-corrected chi connectivity index (χ2v) is 7.02. The largest absolute Gasteiger partial charge is 0.324 e. The Balaban J connectivity index is 1.65. The monoisotopic (exact) mass is 415 g/mol. The molecule has 0 fully saturated rings. The van der Waals surface area contributed by atoms with Crippen LogP contribution in [-0.4, -0.2) is 33.6 Å². The zero-order chi connectivity index (χ0) is 22.0. The molecular weight excluding hydrogens is 398 g/mol. The number of nitrogens with zero attached hydrogens (tertiary/aromatic N) is 2. The Morgan fingerprint density at radius 3 is 1.97 bits per heavy atom. The zero-order valence-electron chi connectivity index (χ0n) is 16.2. The molecule has 1 N–H and O–H groups in total. The van der Waals surface area contributed by atoms with Crippen molar-refractivity contribution >= 4 is 29.1 Å². The smallest absolute Gasteiger partial charge is 0.269 e. The number of rotatable bonds is 6. The number of hydrogen-bond acceptors (Lipinski definition) is 5. The highest BCUT2D eigenvalue weighted by atomic mass is 16.6. The summed E-state index contributed by atoms with van der Waals surface area (Å²) >= 11 is 0. The van der Waals surface area contributed by atoms with Gasteiger partial charge in [0, 0.05) is 24.2 Å². The second-order valence-electron chi connectivity index (χ2n) is 7.02. The van der Waals surface area contributed by atoms with Crippen LogP contribution in [0.2, 0.25) is 0 Å². The molecule has 1 aliphatic rings. The van der Waals surface area contributed by atoms with Crippen LogP contribution in [0.3, 0.4) is 0 Å². The molecule has 0 bridgehead atoms. The SMILES string of the molecule is O=C(Nc1ccc([N+](=O)[O-])cc1)[C@H](Cc1ccccc1)N1C(=O)c2ccccc2C1=O. The Hall–Kier alpha value is -4.33. The average Bonchev–Trinajstić information content (AvgIpc) is 3.03. The van der Waals surface area contributed by atoms with Gasteiger partial charge in [-0.25, -0.2) is 0 Å². The minimum Gasteiger partial charge on any atom is -0.324 e. The van der Waals surface area contributed by atoms with Gasteiger partial charge >= 0.3 is 0 Å². The Morgan fingerprint density at radius 1 is 0.871 bits per heavy atom. The number of anilines is 1. The molecule has 154 valence electrons. The van der Waals surface area contributed by atoms with Gasteiger partial charge in [0.15, 0.2) is 0 Å². The van der Waals surface area contributed by atoms with Gasteiger partial charge in [-0.3, -0.25) is 29.4 Å². The quantitative estimate of drug-likeness (QED) is 0.377. The van der Waals surface area contributed by atoms with Gasteiger partial charge in [-0.1, -0.05) is 42.5 Å². The summed E-state index contributed by atoms with van der Waals surface area (Å²) in [6.45, 7) is 0. The number of imide groups is 1. The van der Waals surface area contributed by atoms with Crippen molar-refractivity contribution in [2.24, 2.45) is 0 Å². The minimum atomic E-state index is -1.09. The van der Waals surface area contributed by atoms with E-state index in [1.54, 1.807) is 24.3 Å². The standard InChI is InChI=1S/C23H17N3O5/c27-21(24-16-10-12-17(13-11-16)26(30)31)20(14-15-6-2-1-3-7-15)25-22(28)18-8-4-5-9-19(18)23(25)29/h1-13,20H,14H2,(H,24,27)/t20-/m0/s1. The third-order valence-corrected chi connectivity index (χ3v) is 5.06. The number of carbonyl (C=O) groups excluding carboxylic acids is 3. The first kappa shape index (κ1) is 20.0. The van der Waals surface area contributed by atoms with Gasteiger partial charge in [0.05, 0.1) is 16.1 Å². The Morgan fingerprint density at radius 2 is 1.42 bits per heavy atom. The molecule has 0 saturated heterocycles. The second kappa shape index (κ2) is 8.19. The summed E-state index contributed by atoms with van der Waals surface area (Å²) in [5.74, 6) is -1.62. The molecule has 1 aliphatic heterocycles. The van der Waals surface area contributed by atoms with Crippen LogP contribution >= 0.6 is 0 Å². The summed E-state index contributed by atoms with van der Waals surface area (Å²) in [7, 11) is 0. The van der Waals surface area contributed by atoms with E-state index in [0.29, 0.717) is 5.69 Å². The van der Waals surface area contributed by atoms with Crippen molar-refractivity contribution in [2.75, 3.05) is 5.32 Å². The average molecular weight is 415 g/mol. The van der Waals surface area contributed by atoms with E-state index in [4.69, 9.17) is 0 Å². The zero-order valence-corrected chi connectivity index (χ0v) is 16.2. The van der Waals surface area contributed by atoms with E-state index >= 15 is 0 Å². The maximum absolute atomic E-state index is 13.2. The van der Waals surface area contributed by atoms with Gasteiger partial charge in [-0.15, -0.1) is 0 Å². The topological polar surface area (TPSA) is 110 Å². The summed E-state index contributed by atoms with van der Waals surface area (Å²) in [6.07, 6.45) is 0.130. The van der Waals surface area contributed by atoms with Crippen LogP contribution in [0, 0.1) is 10.1 Å². The molecule has 0 unspecified atom stereocenters. The maximum atomic E-state index is 13.2. The first-order valence-corrected chi connectivity index (χ1v) is 9.52. The van der Waals surface area contributed by atoms with Crippen LogP contribution in [0.25, 0.3) is 0 Å². The lowest BCUT2D eigenvalue weighted by Gasteiger charge is -2.25. The van der Waals surface area contributed by atoms with Crippen LogP contribution in [-0.2, 0) is 11.2 Å². The number of hydrogen-bond donors (Lipinski definition) is 1. The number of nitro benzene ring substituents is 1. The van der Waals surface area contributed by atoms with Crippen LogP contribution < -0.4 is 5.32 Å². The van der Waals surface area contributed by atoms with Crippen molar-refractivity contribution in [3.8, 4) is 0 Å². The predicted octanol–water partition coefficient (Wildman–Crippen LogP) is 3.44. The predicted molar refractivity (Wildman–Crippen MR) is 113 cm³/mol. The summed E-state index contributed by atoms with van der Waals surface area (Å²) in [6, 6.07) is 19.8. The molecule has 4 rings (SSSR count). The Bertz CT molecular complexity index is 1140. The number of benzene rings is 3. The van der Waals surface area contributed by atoms with Gasteiger partial charge in [-0.2, -0.15) is 0 Å². The lowest BCUT2D eigenvalue weighted by atomic mass is 10.0. The summed E-state index contributed by atoms with van der Waals surface area (Å²) in [5.41, 5.74) is 1.51. The van der Waals surface area contributed by atoms with Crippen LogP contribution in [0.4, 0.5) is 11.4 Å². The Labute approximate surface area is 177 Å². The molecule has 0 aliphatic carbocycles. The molecule has 0 aromatic heterocycles. The van der Waals surface area contributed by atoms with Crippen molar-refractivity contribution in [1.29, 1.82) is 0 Å². The lowest BCUT2D eigenvalue weighted by Crippen LogP contribution is -2.48. The normalized spacial score (nSPS) is 13.6. The number of amides is 3. The third-order valence-electron chi connectivity index (χ3n) is 5.06. The van der Waals surface area contributed by atoms with E-state index < -0.39 is 28.7 Å². The van der Waals surface area contributed by atoms with Gasteiger partial charge in [0.25, 0.3) is 17.5 Å². The molecular formula is C23H17N3O5. The van der Waals surface area contributed by atoms with Crippen LogP contribution in [0.15, 0.2) is 78.9 Å². The van der Waals surface area contributed by atoms with Gasteiger partial charge in [0.2, 0.25) is 5.91 Å². The van der Waals surface area contributed by atoms with Crippen molar-refractivity contribution in [2.45, 2.75) is 12.5 Å². The molecule has 3 aromatic carbocycles. The van der Waals surface area contributed by atoms with Crippen molar-refractivity contribution in [3.63, 3.8) is 0 Å². The summed E-state index contributed by atoms with van der Waals surface area (Å²) in [5, 5.41) is 13.5. The first-order chi connectivity index (χ1) is 15.0. The third kappa shape index (κ3) is 3.91. The number of nitro groups is 1. The van der Waals surface area contributed by atoms with E-state index in [0.717, 1.165) is 10.5 Å². The van der Waals surface area contributed by atoms with E-state index in [2.05, 4.69) is 5.32 Å². The molecule has 0 radical (unpaired) electrons. The van der Waals surface area contributed by atoms with Crippen molar-refractivity contribution in [3.05, 3.63) is 106 Å². The molecule has 1 heterocycles. The maximum Gasteiger partial charge on any atom is 0.269 e. The van der Waals surface area contributed by atoms with Crippen LogP contribution in [0.1, 0.15) is 26.3 Å². The van der Waals surface area contributed by atoms with E-state index in [-0.39, 0.29) is 23.2 Å². The van der Waals surface area contributed by atoms with E-state index in [1.165, 1.54) is 24.3 Å². The molecule has 0 saturated carbocycles. The van der Waals surface area contributed by atoms with E-state index in [9.17, 15) is 24.5 Å². The fraction of sp³-hybridized carbons (Fsp3) is 0.0870. The minimum absolute atomic E-state index is 0.112. The van der Waals surface area contributed by atoms with Crippen LogP contribution in [0.5, 0.6) is 0 Å². The molecule has 3 amide bonds. The molecule has 0 spiro atoms. The summed E-state index contributed by atoms with van der Waals surface area (Å²) in [4.78, 5) is 50.4.